The van der Waals surface area contributed by atoms with Gasteiger partial charge in [0, 0.05) is 41.3 Å². The molecule has 2 heterocycles. The first-order chi connectivity index (χ1) is 15.5. The number of nitrogens with one attached hydrogen (secondary N) is 1. The van der Waals surface area contributed by atoms with Gasteiger partial charge in [0.2, 0.25) is 5.95 Å². The lowest BCUT2D eigenvalue weighted by molar-refractivity contribution is -0.0247. The second-order valence-corrected chi connectivity index (χ2v) is 9.85. The van der Waals surface area contributed by atoms with Gasteiger partial charge in [-0.25, -0.2) is 23.5 Å². The smallest absolute Gasteiger partial charge is 0.408 e. The number of fused-ring (bicyclic) bond motifs is 1. The quantitative estimate of drug-likeness (QED) is 0.446. The summed E-state index contributed by atoms with van der Waals surface area (Å²) in [5.41, 5.74) is -1.63. The highest BCUT2D eigenvalue weighted by atomic mass is 79.9. The van der Waals surface area contributed by atoms with Crippen LogP contribution in [-0.4, -0.2) is 45.7 Å². The van der Waals surface area contributed by atoms with Gasteiger partial charge in [0.15, 0.2) is 5.82 Å². The Labute approximate surface area is 197 Å². The number of halogens is 4. The predicted octanol–water partition coefficient (Wildman–Crippen LogP) is 5.30. The van der Waals surface area contributed by atoms with Crippen molar-refractivity contribution in [3.63, 3.8) is 0 Å². The minimum absolute atomic E-state index is 0.0128. The zero-order valence-electron chi connectivity index (χ0n) is 18.2. The Morgan fingerprint density at radius 3 is 2.55 bits per heavy atom. The molecule has 0 radical (unpaired) electrons. The van der Waals surface area contributed by atoms with Crippen LogP contribution in [0.2, 0.25) is 0 Å². The lowest BCUT2D eigenvalue weighted by Gasteiger charge is -2.52. The fourth-order valence-corrected chi connectivity index (χ4v) is 5.05. The Balaban J connectivity index is 2.02. The van der Waals surface area contributed by atoms with E-state index in [0.717, 1.165) is 12.1 Å². The number of rotatable bonds is 2. The van der Waals surface area contributed by atoms with Gasteiger partial charge in [-0.15, -0.1) is 0 Å². The summed E-state index contributed by atoms with van der Waals surface area (Å²) < 4.78 is 44.1. The molecule has 10 heteroatoms. The van der Waals surface area contributed by atoms with E-state index in [1.807, 2.05) is 20.8 Å². The zero-order valence-corrected chi connectivity index (χ0v) is 19.8. The van der Waals surface area contributed by atoms with Gasteiger partial charge in [-0.3, -0.25) is 4.90 Å². The number of nitrogens with zero attached hydrogens (tertiary/aromatic N) is 3. The lowest BCUT2D eigenvalue weighted by atomic mass is 9.70. The van der Waals surface area contributed by atoms with Gasteiger partial charge < -0.3 is 10.4 Å². The van der Waals surface area contributed by atoms with Crippen molar-refractivity contribution in [2.24, 2.45) is 5.41 Å². The van der Waals surface area contributed by atoms with Crippen LogP contribution in [0.3, 0.4) is 0 Å². The normalized spacial score (nSPS) is 19.2. The van der Waals surface area contributed by atoms with Crippen LogP contribution in [0.25, 0.3) is 22.0 Å². The fraction of sp³-hybridized carbons (Fsp3) is 0.348. The average molecular weight is 523 g/mol. The van der Waals surface area contributed by atoms with Crippen molar-refractivity contribution >= 4 is 32.9 Å². The molecule has 1 aromatic heterocycles. The van der Waals surface area contributed by atoms with Gasteiger partial charge in [-0.2, -0.15) is 4.39 Å². The molecule has 0 aliphatic carbocycles. The molecule has 6 nitrogen and oxygen atoms in total. The maximum Gasteiger partial charge on any atom is 0.408 e. The van der Waals surface area contributed by atoms with E-state index in [4.69, 9.17) is 0 Å². The van der Waals surface area contributed by atoms with E-state index in [2.05, 4.69) is 31.2 Å². The highest BCUT2D eigenvalue weighted by molar-refractivity contribution is 9.10. The summed E-state index contributed by atoms with van der Waals surface area (Å²) in [5, 5.41) is 13.1. The summed E-state index contributed by atoms with van der Waals surface area (Å²) in [4.78, 5) is 22.1. The van der Waals surface area contributed by atoms with Gasteiger partial charge in [0.05, 0.1) is 10.9 Å². The van der Waals surface area contributed by atoms with Crippen molar-refractivity contribution in [2.75, 3.05) is 19.6 Å². The number of piperazine rings is 1. The summed E-state index contributed by atoms with van der Waals surface area (Å²) in [6, 6.07) is 6.18. The third-order valence-corrected chi connectivity index (χ3v) is 6.83. The van der Waals surface area contributed by atoms with Crippen molar-refractivity contribution in [3.8, 4) is 11.1 Å². The number of hydrogen-bond donors (Lipinski definition) is 2. The molecule has 0 spiro atoms. The van der Waals surface area contributed by atoms with Crippen LogP contribution >= 0.6 is 15.9 Å². The van der Waals surface area contributed by atoms with Crippen LogP contribution in [0, 0.1) is 23.0 Å². The Kier molecular flexibility index (Phi) is 5.86. The number of carbonyl (C=O) groups is 1. The molecule has 1 saturated heterocycles. The molecular weight excluding hydrogens is 501 g/mol. The Hall–Kier alpha value is -2.72. The Morgan fingerprint density at radius 2 is 1.91 bits per heavy atom. The molecule has 1 aliphatic heterocycles. The topological polar surface area (TPSA) is 78.4 Å². The van der Waals surface area contributed by atoms with E-state index in [-0.39, 0.29) is 40.9 Å². The molecule has 1 atom stereocenters. The number of benzene rings is 2. The van der Waals surface area contributed by atoms with Crippen LogP contribution in [0.1, 0.15) is 26.6 Å². The van der Waals surface area contributed by atoms with Gasteiger partial charge in [-0.1, -0.05) is 36.7 Å². The van der Waals surface area contributed by atoms with E-state index in [9.17, 15) is 18.7 Å². The van der Waals surface area contributed by atoms with E-state index in [1.165, 1.54) is 11.0 Å². The van der Waals surface area contributed by atoms with Crippen molar-refractivity contribution in [1.29, 1.82) is 0 Å². The molecule has 0 saturated carbocycles. The SMILES string of the molecule is CC(C)(C)C1(c2nc(F)c3c(-c4ccc(F)cc4F)c(Br)ccc3n2)CNCCN1C(=O)O. The maximum atomic E-state index is 15.7. The summed E-state index contributed by atoms with van der Waals surface area (Å²) in [6.45, 7) is 6.37. The summed E-state index contributed by atoms with van der Waals surface area (Å²) >= 11 is 3.33. The molecule has 3 aromatic rings. The largest absolute Gasteiger partial charge is 0.465 e. The van der Waals surface area contributed by atoms with Crippen LogP contribution in [0.4, 0.5) is 18.0 Å². The predicted molar refractivity (Wildman–Crippen MR) is 121 cm³/mol. The molecular formula is C23H22BrF3N4O2. The molecule has 1 amide bonds. The van der Waals surface area contributed by atoms with Crippen molar-refractivity contribution < 1.29 is 23.1 Å². The van der Waals surface area contributed by atoms with Crippen LogP contribution in [-0.2, 0) is 5.54 Å². The summed E-state index contributed by atoms with van der Waals surface area (Å²) in [6.07, 6.45) is -1.15. The summed E-state index contributed by atoms with van der Waals surface area (Å²) in [7, 11) is 0. The first-order valence-corrected chi connectivity index (χ1v) is 11.1. The second kappa shape index (κ2) is 8.25. The number of carboxylic acid groups (broad SMARTS) is 1. The highest BCUT2D eigenvalue weighted by Crippen LogP contribution is 2.45. The molecule has 1 fully saturated rings. The van der Waals surface area contributed by atoms with E-state index in [1.54, 1.807) is 12.1 Å². The standard InChI is InChI=1S/C23H22BrF3N4O2/c1-22(2,3)23(11-28-8-9-31(23)21(32)33)20-29-16-7-6-14(24)17(18(16)19(27)30-20)13-5-4-12(25)10-15(13)26/h4-7,10,28H,8-9,11H2,1-3H3,(H,32,33). The van der Waals surface area contributed by atoms with Gasteiger partial charge in [-0.05, 0) is 29.7 Å². The minimum atomic E-state index is -1.25. The number of aromatic nitrogens is 2. The summed E-state index contributed by atoms with van der Waals surface area (Å²) in [5.74, 6) is -2.51. The van der Waals surface area contributed by atoms with E-state index < -0.39 is 34.6 Å². The Bertz CT molecular complexity index is 1260. The van der Waals surface area contributed by atoms with Gasteiger partial charge in [0.25, 0.3) is 0 Å². The third kappa shape index (κ3) is 3.74. The fourth-order valence-electron chi connectivity index (χ4n) is 4.51. The van der Waals surface area contributed by atoms with Crippen molar-refractivity contribution in [2.45, 2.75) is 26.3 Å². The molecule has 1 unspecified atom stereocenters. The van der Waals surface area contributed by atoms with Crippen LogP contribution in [0.15, 0.2) is 34.8 Å². The third-order valence-electron chi connectivity index (χ3n) is 6.17. The molecule has 2 N–H and O–H groups in total. The minimum Gasteiger partial charge on any atom is -0.465 e. The van der Waals surface area contributed by atoms with Gasteiger partial charge >= 0.3 is 6.09 Å². The molecule has 33 heavy (non-hydrogen) atoms. The second-order valence-electron chi connectivity index (χ2n) is 9.00. The zero-order chi connectivity index (χ0) is 24.1. The molecule has 1 aliphatic rings. The lowest BCUT2D eigenvalue weighted by Crippen LogP contribution is -2.66. The van der Waals surface area contributed by atoms with E-state index in [0.29, 0.717) is 11.0 Å². The van der Waals surface area contributed by atoms with Crippen LogP contribution in [0.5, 0.6) is 0 Å². The molecule has 0 bridgehead atoms. The molecule has 174 valence electrons. The molecule has 4 rings (SSSR count). The van der Waals surface area contributed by atoms with Crippen molar-refractivity contribution in [3.05, 3.63) is 58.2 Å². The number of hydrogen-bond acceptors (Lipinski definition) is 4. The Morgan fingerprint density at radius 1 is 1.18 bits per heavy atom. The molecule has 2 aromatic carbocycles. The number of amides is 1. The average Bonchev–Trinajstić information content (AvgIpc) is 2.73. The van der Waals surface area contributed by atoms with Gasteiger partial charge in [0.1, 0.15) is 17.2 Å². The van der Waals surface area contributed by atoms with Crippen molar-refractivity contribution in [1.82, 2.24) is 20.2 Å². The van der Waals surface area contributed by atoms with E-state index >= 15 is 4.39 Å². The highest BCUT2D eigenvalue weighted by Gasteiger charge is 2.54. The first kappa shape index (κ1) is 23.4. The maximum absolute atomic E-state index is 15.7. The monoisotopic (exact) mass is 522 g/mol. The first-order valence-electron chi connectivity index (χ1n) is 10.3. The van der Waals surface area contributed by atoms with Crippen LogP contribution < -0.4 is 5.32 Å².